The summed E-state index contributed by atoms with van der Waals surface area (Å²) in [5, 5.41) is 9.97. The third-order valence-electron chi connectivity index (χ3n) is 2.43. The van der Waals surface area contributed by atoms with Crippen molar-refractivity contribution < 1.29 is 4.79 Å². The van der Waals surface area contributed by atoms with Gasteiger partial charge in [-0.2, -0.15) is 5.10 Å². The fourth-order valence-electron chi connectivity index (χ4n) is 1.52. The van der Waals surface area contributed by atoms with Crippen molar-refractivity contribution in [1.29, 1.82) is 0 Å². The summed E-state index contributed by atoms with van der Waals surface area (Å²) < 4.78 is 0. The molecule has 1 aromatic heterocycles. The summed E-state index contributed by atoms with van der Waals surface area (Å²) in [6.45, 7) is 0.543. The quantitative estimate of drug-likeness (QED) is 0.857. The van der Waals surface area contributed by atoms with Gasteiger partial charge in [-0.15, -0.1) is 0 Å². The predicted molar refractivity (Wildman–Crippen MR) is 68.3 cm³/mol. The van der Waals surface area contributed by atoms with Gasteiger partial charge in [0.2, 0.25) is 5.91 Å². The molecule has 0 aliphatic rings. The molecule has 2 N–H and O–H groups in total. The number of nitrogens with one attached hydrogen (secondary N) is 2. The Morgan fingerprint density at radius 3 is 2.78 bits per heavy atom. The fourth-order valence-corrected chi connectivity index (χ4v) is 1.65. The topological polar surface area (TPSA) is 70.7 Å². The number of benzene rings is 1. The molecule has 0 spiro atoms. The van der Waals surface area contributed by atoms with Gasteiger partial charge >= 0.3 is 0 Å². The van der Waals surface area contributed by atoms with Gasteiger partial charge in [-0.05, 0) is 17.7 Å². The van der Waals surface area contributed by atoms with Crippen LogP contribution < -0.4 is 5.32 Å². The number of carbonyl (C=O) groups is 1. The summed E-state index contributed by atoms with van der Waals surface area (Å²) in [7, 11) is 0. The number of aromatic nitrogens is 3. The van der Waals surface area contributed by atoms with Crippen LogP contribution in [0.15, 0.2) is 30.6 Å². The number of aromatic amines is 1. The molecule has 94 valence electrons. The molecule has 0 saturated heterocycles. The van der Waals surface area contributed by atoms with Crippen molar-refractivity contribution in [3.8, 4) is 0 Å². The van der Waals surface area contributed by atoms with Crippen molar-refractivity contribution in [1.82, 2.24) is 20.5 Å². The smallest absolute Gasteiger partial charge is 0.224 e. The van der Waals surface area contributed by atoms with Gasteiger partial charge in [0.05, 0.1) is 6.42 Å². The number of H-pyrrole nitrogens is 1. The molecule has 5 nitrogen and oxygen atoms in total. The van der Waals surface area contributed by atoms with Gasteiger partial charge in [0.25, 0.3) is 0 Å². The molecule has 2 aromatic rings. The molecule has 0 aliphatic carbocycles. The Bertz CT molecular complexity index is 495. The zero-order chi connectivity index (χ0) is 12.8. The lowest BCUT2D eigenvalue weighted by Crippen LogP contribution is -2.27. The minimum atomic E-state index is -0.0168. The number of halogens is 1. The molecule has 0 bridgehead atoms. The van der Waals surface area contributed by atoms with Gasteiger partial charge in [0.15, 0.2) is 0 Å². The number of amides is 1. The molecule has 0 saturated carbocycles. The molecular formula is C12H13ClN4O. The minimum absolute atomic E-state index is 0.0168. The predicted octanol–water partition coefficient (Wildman–Crippen LogP) is 1.36. The van der Waals surface area contributed by atoms with Gasteiger partial charge in [-0.25, -0.2) is 4.98 Å². The summed E-state index contributed by atoms with van der Waals surface area (Å²) in [5.41, 5.74) is 0.941. The monoisotopic (exact) mass is 264 g/mol. The van der Waals surface area contributed by atoms with E-state index in [1.807, 2.05) is 12.1 Å². The number of hydrogen-bond acceptors (Lipinski definition) is 3. The molecule has 6 heteroatoms. The van der Waals surface area contributed by atoms with E-state index >= 15 is 0 Å². The maximum Gasteiger partial charge on any atom is 0.224 e. The maximum atomic E-state index is 11.6. The summed E-state index contributed by atoms with van der Waals surface area (Å²) in [4.78, 5) is 15.6. The van der Waals surface area contributed by atoms with Crippen LogP contribution in [-0.4, -0.2) is 27.6 Å². The zero-order valence-corrected chi connectivity index (χ0v) is 10.4. The number of rotatable bonds is 5. The van der Waals surface area contributed by atoms with Crippen molar-refractivity contribution in [3.63, 3.8) is 0 Å². The van der Waals surface area contributed by atoms with E-state index in [-0.39, 0.29) is 5.91 Å². The largest absolute Gasteiger partial charge is 0.355 e. The van der Waals surface area contributed by atoms with E-state index in [1.54, 1.807) is 12.1 Å². The molecule has 0 aliphatic heterocycles. The van der Waals surface area contributed by atoms with Crippen LogP contribution in [0.25, 0.3) is 0 Å². The van der Waals surface area contributed by atoms with Crippen LogP contribution in [0.1, 0.15) is 11.4 Å². The van der Waals surface area contributed by atoms with Crippen molar-refractivity contribution in [3.05, 3.63) is 47.0 Å². The summed E-state index contributed by atoms with van der Waals surface area (Å²) in [5.74, 6) is 0.749. The Morgan fingerprint density at radius 1 is 1.33 bits per heavy atom. The van der Waals surface area contributed by atoms with E-state index < -0.39 is 0 Å². The summed E-state index contributed by atoms with van der Waals surface area (Å²) >= 11 is 5.77. The Balaban J connectivity index is 1.73. The standard InChI is InChI=1S/C12H13ClN4O/c13-10-3-1-9(2-4-10)7-12(18)14-6-5-11-15-8-16-17-11/h1-4,8H,5-7H2,(H,14,18)(H,15,16,17). The first-order chi connectivity index (χ1) is 8.74. The lowest BCUT2D eigenvalue weighted by atomic mass is 10.1. The molecule has 1 aromatic carbocycles. The van der Waals surface area contributed by atoms with E-state index in [4.69, 9.17) is 11.6 Å². The van der Waals surface area contributed by atoms with E-state index in [9.17, 15) is 4.79 Å². The minimum Gasteiger partial charge on any atom is -0.355 e. The fraction of sp³-hybridized carbons (Fsp3) is 0.250. The average molecular weight is 265 g/mol. The normalized spacial score (nSPS) is 10.3. The van der Waals surface area contributed by atoms with Gasteiger partial charge in [0.1, 0.15) is 12.2 Å². The molecule has 0 fully saturated rings. The van der Waals surface area contributed by atoms with Crippen LogP contribution >= 0.6 is 11.6 Å². The highest BCUT2D eigenvalue weighted by atomic mass is 35.5. The molecule has 0 radical (unpaired) electrons. The second-order valence-electron chi connectivity index (χ2n) is 3.84. The third kappa shape index (κ3) is 3.85. The highest BCUT2D eigenvalue weighted by Crippen LogP contribution is 2.09. The number of hydrogen-bond donors (Lipinski definition) is 2. The third-order valence-corrected chi connectivity index (χ3v) is 2.68. The lowest BCUT2D eigenvalue weighted by Gasteiger charge is -2.04. The first-order valence-electron chi connectivity index (χ1n) is 5.59. The molecule has 18 heavy (non-hydrogen) atoms. The molecule has 1 amide bonds. The molecule has 0 atom stereocenters. The van der Waals surface area contributed by atoms with Crippen molar-refractivity contribution >= 4 is 17.5 Å². The Kier molecular flexibility index (Phi) is 4.30. The van der Waals surface area contributed by atoms with Crippen LogP contribution in [0, 0.1) is 0 Å². The van der Waals surface area contributed by atoms with Crippen LogP contribution in [0.2, 0.25) is 5.02 Å². The molecular weight excluding hydrogens is 252 g/mol. The Morgan fingerprint density at radius 2 is 2.11 bits per heavy atom. The second kappa shape index (κ2) is 6.16. The van der Waals surface area contributed by atoms with Gasteiger partial charge in [-0.3, -0.25) is 9.89 Å². The van der Waals surface area contributed by atoms with Crippen LogP contribution in [-0.2, 0) is 17.6 Å². The Hall–Kier alpha value is -1.88. The average Bonchev–Trinajstić information content (AvgIpc) is 2.85. The van der Waals surface area contributed by atoms with Crippen LogP contribution in [0.3, 0.4) is 0 Å². The van der Waals surface area contributed by atoms with Gasteiger partial charge in [0, 0.05) is 18.0 Å². The van der Waals surface area contributed by atoms with Crippen molar-refractivity contribution in [2.45, 2.75) is 12.8 Å². The highest BCUT2D eigenvalue weighted by molar-refractivity contribution is 6.30. The first-order valence-corrected chi connectivity index (χ1v) is 5.97. The summed E-state index contributed by atoms with van der Waals surface area (Å²) in [6, 6.07) is 7.24. The van der Waals surface area contributed by atoms with E-state index in [2.05, 4.69) is 20.5 Å². The van der Waals surface area contributed by atoms with Gasteiger partial charge in [-0.1, -0.05) is 23.7 Å². The summed E-state index contributed by atoms with van der Waals surface area (Å²) in [6.07, 6.45) is 2.45. The van der Waals surface area contributed by atoms with Crippen molar-refractivity contribution in [2.24, 2.45) is 0 Å². The molecule has 2 rings (SSSR count). The Labute approximate surface area is 110 Å². The second-order valence-corrected chi connectivity index (χ2v) is 4.27. The first kappa shape index (κ1) is 12.6. The van der Waals surface area contributed by atoms with E-state index in [1.165, 1.54) is 6.33 Å². The number of nitrogens with zero attached hydrogens (tertiary/aromatic N) is 2. The number of carbonyl (C=O) groups excluding carboxylic acids is 1. The van der Waals surface area contributed by atoms with Crippen LogP contribution in [0.5, 0.6) is 0 Å². The van der Waals surface area contributed by atoms with E-state index in [0.717, 1.165) is 11.4 Å². The van der Waals surface area contributed by atoms with Crippen molar-refractivity contribution in [2.75, 3.05) is 6.54 Å². The van der Waals surface area contributed by atoms with Gasteiger partial charge < -0.3 is 5.32 Å². The van der Waals surface area contributed by atoms with E-state index in [0.29, 0.717) is 24.4 Å². The SMILES string of the molecule is O=C(Cc1ccc(Cl)cc1)NCCc1ncn[nH]1. The molecule has 1 heterocycles. The molecule has 0 unspecified atom stereocenters. The zero-order valence-electron chi connectivity index (χ0n) is 9.69. The highest BCUT2D eigenvalue weighted by Gasteiger charge is 2.03. The lowest BCUT2D eigenvalue weighted by molar-refractivity contribution is -0.120. The maximum absolute atomic E-state index is 11.6. The van der Waals surface area contributed by atoms with Crippen LogP contribution in [0.4, 0.5) is 0 Å².